The smallest absolute Gasteiger partial charge is 0.149 e. The van der Waals surface area contributed by atoms with E-state index in [0.29, 0.717) is 12.0 Å². The first-order chi connectivity index (χ1) is 8.18. The van der Waals surface area contributed by atoms with Gasteiger partial charge in [0.05, 0.1) is 5.69 Å². The molecule has 1 aromatic rings. The van der Waals surface area contributed by atoms with Gasteiger partial charge < -0.3 is 15.8 Å². The van der Waals surface area contributed by atoms with Gasteiger partial charge in [-0.2, -0.15) is 0 Å². The number of nitrogen functional groups attached to an aromatic ring is 1. The quantitative estimate of drug-likeness (QED) is 0.843. The maximum absolute atomic E-state index is 6.01. The SMILES string of the molecule is Cc1ccnc(NC(C)C2CCOCC2)c1N. The monoisotopic (exact) mass is 235 g/mol. The zero-order valence-corrected chi connectivity index (χ0v) is 10.6. The molecule has 0 bridgehead atoms. The van der Waals surface area contributed by atoms with Gasteiger partial charge in [-0.3, -0.25) is 0 Å². The summed E-state index contributed by atoms with van der Waals surface area (Å²) in [5.74, 6) is 1.45. The molecule has 1 aromatic heterocycles. The molecule has 0 aromatic carbocycles. The normalized spacial score (nSPS) is 18.9. The van der Waals surface area contributed by atoms with Crippen molar-refractivity contribution >= 4 is 11.5 Å². The third-order valence-corrected chi connectivity index (χ3v) is 3.55. The number of aryl methyl sites for hydroxylation is 1. The van der Waals surface area contributed by atoms with E-state index >= 15 is 0 Å². The third kappa shape index (κ3) is 2.88. The number of nitrogens with zero attached hydrogens (tertiary/aromatic N) is 1. The summed E-state index contributed by atoms with van der Waals surface area (Å²) in [5, 5.41) is 3.43. The molecule has 1 aliphatic rings. The van der Waals surface area contributed by atoms with E-state index in [0.717, 1.165) is 43.1 Å². The van der Waals surface area contributed by atoms with Crippen LogP contribution in [0.1, 0.15) is 25.3 Å². The molecule has 1 saturated heterocycles. The number of hydrogen-bond donors (Lipinski definition) is 2. The van der Waals surface area contributed by atoms with Crippen molar-refractivity contribution in [2.24, 2.45) is 5.92 Å². The van der Waals surface area contributed by atoms with Gasteiger partial charge in [0, 0.05) is 25.5 Å². The third-order valence-electron chi connectivity index (χ3n) is 3.55. The average molecular weight is 235 g/mol. The van der Waals surface area contributed by atoms with Crippen molar-refractivity contribution in [1.29, 1.82) is 0 Å². The second kappa shape index (κ2) is 5.36. The summed E-state index contributed by atoms with van der Waals surface area (Å²) in [6.07, 6.45) is 4.02. The van der Waals surface area contributed by atoms with Crippen LogP contribution in [0, 0.1) is 12.8 Å². The van der Waals surface area contributed by atoms with Gasteiger partial charge in [-0.15, -0.1) is 0 Å². The van der Waals surface area contributed by atoms with Gasteiger partial charge in [0.25, 0.3) is 0 Å². The Balaban J connectivity index is 2.01. The van der Waals surface area contributed by atoms with Crippen LogP contribution in [0.4, 0.5) is 11.5 Å². The van der Waals surface area contributed by atoms with Crippen molar-refractivity contribution in [2.75, 3.05) is 24.3 Å². The largest absolute Gasteiger partial charge is 0.396 e. The lowest BCUT2D eigenvalue weighted by atomic mass is 9.93. The summed E-state index contributed by atoms with van der Waals surface area (Å²) in [4.78, 5) is 4.31. The van der Waals surface area contributed by atoms with Crippen LogP contribution >= 0.6 is 0 Å². The molecule has 1 atom stereocenters. The lowest BCUT2D eigenvalue weighted by molar-refractivity contribution is 0.0622. The molecule has 1 fully saturated rings. The Labute approximate surface area is 103 Å². The number of ether oxygens (including phenoxy) is 1. The van der Waals surface area contributed by atoms with Crippen LogP contribution < -0.4 is 11.1 Å². The summed E-state index contributed by atoms with van der Waals surface area (Å²) in [6, 6.07) is 2.31. The molecular formula is C13H21N3O. The topological polar surface area (TPSA) is 60.2 Å². The molecule has 4 nitrogen and oxygen atoms in total. The van der Waals surface area contributed by atoms with Gasteiger partial charge in [0.1, 0.15) is 5.82 Å². The number of rotatable bonds is 3. The first-order valence-electron chi connectivity index (χ1n) is 6.24. The standard InChI is InChI=1S/C13H21N3O/c1-9-3-6-15-13(12(9)14)16-10(2)11-4-7-17-8-5-11/h3,6,10-11H,4-5,7-8,14H2,1-2H3,(H,15,16). The molecule has 17 heavy (non-hydrogen) atoms. The van der Waals surface area contributed by atoms with Gasteiger partial charge in [0.2, 0.25) is 0 Å². The summed E-state index contributed by atoms with van der Waals surface area (Å²) in [7, 11) is 0. The molecule has 4 heteroatoms. The first-order valence-corrected chi connectivity index (χ1v) is 6.24. The Hall–Kier alpha value is -1.29. The number of nitrogens with two attached hydrogens (primary N) is 1. The molecule has 0 spiro atoms. The van der Waals surface area contributed by atoms with Crippen LogP contribution in [0.25, 0.3) is 0 Å². The number of hydrogen-bond acceptors (Lipinski definition) is 4. The molecule has 0 aliphatic carbocycles. The van der Waals surface area contributed by atoms with Crippen molar-refractivity contribution < 1.29 is 4.74 Å². The van der Waals surface area contributed by atoms with Crippen LogP contribution in [0.15, 0.2) is 12.3 Å². The van der Waals surface area contributed by atoms with Crippen LogP contribution in [0.2, 0.25) is 0 Å². The molecule has 2 heterocycles. The van der Waals surface area contributed by atoms with Crippen LogP contribution in [-0.4, -0.2) is 24.2 Å². The predicted octanol–water partition coefficient (Wildman–Crippen LogP) is 2.20. The van der Waals surface area contributed by atoms with Gasteiger partial charge in [-0.05, 0) is 44.2 Å². The van der Waals surface area contributed by atoms with E-state index in [1.54, 1.807) is 6.20 Å². The fourth-order valence-corrected chi connectivity index (χ4v) is 2.23. The molecule has 2 rings (SSSR count). The van der Waals surface area contributed by atoms with Crippen LogP contribution in [0.3, 0.4) is 0 Å². The van der Waals surface area contributed by atoms with Gasteiger partial charge in [-0.1, -0.05) is 0 Å². The van der Waals surface area contributed by atoms with E-state index in [2.05, 4.69) is 17.2 Å². The molecule has 1 aliphatic heterocycles. The lowest BCUT2D eigenvalue weighted by Gasteiger charge is -2.29. The van der Waals surface area contributed by atoms with E-state index in [-0.39, 0.29) is 0 Å². The summed E-state index contributed by atoms with van der Waals surface area (Å²) >= 11 is 0. The Morgan fingerprint density at radius 2 is 2.18 bits per heavy atom. The number of anilines is 2. The minimum absolute atomic E-state index is 0.385. The second-order valence-corrected chi connectivity index (χ2v) is 4.77. The molecule has 94 valence electrons. The van der Waals surface area contributed by atoms with Crippen molar-refractivity contribution in [1.82, 2.24) is 4.98 Å². The highest BCUT2D eigenvalue weighted by Crippen LogP contribution is 2.24. The van der Waals surface area contributed by atoms with E-state index in [1.165, 1.54) is 0 Å². The summed E-state index contributed by atoms with van der Waals surface area (Å²) in [6.45, 7) is 5.93. The van der Waals surface area contributed by atoms with Gasteiger partial charge >= 0.3 is 0 Å². The Morgan fingerprint density at radius 1 is 1.47 bits per heavy atom. The van der Waals surface area contributed by atoms with E-state index in [4.69, 9.17) is 10.5 Å². The van der Waals surface area contributed by atoms with E-state index < -0.39 is 0 Å². The van der Waals surface area contributed by atoms with Crippen molar-refractivity contribution in [2.45, 2.75) is 32.7 Å². The number of aromatic nitrogens is 1. The van der Waals surface area contributed by atoms with Crippen molar-refractivity contribution in [3.05, 3.63) is 17.8 Å². The lowest BCUT2D eigenvalue weighted by Crippen LogP contribution is -2.31. The molecule has 3 N–H and O–H groups in total. The highest BCUT2D eigenvalue weighted by atomic mass is 16.5. The van der Waals surface area contributed by atoms with Crippen molar-refractivity contribution in [3.8, 4) is 0 Å². The van der Waals surface area contributed by atoms with Crippen molar-refractivity contribution in [3.63, 3.8) is 0 Å². The van der Waals surface area contributed by atoms with Gasteiger partial charge in [-0.25, -0.2) is 4.98 Å². The zero-order chi connectivity index (χ0) is 12.3. The zero-order valence-electron chi connectivity index (χ0n) is 10.6. The Kier molecular flexibility index (Phi) is 3.84. The fraction of sp³-hybridized carbons (Fsp3) is 0.615. The number of nitrogens with one attached hydrogen (secondary N) is 1. The van der Waals surface area contributed by atoms with Gasteiger partial charge in [0.15, 0.2) is 0 Å². The molecule has 0 amide bonds. The minimum Gasteiger partial charge on any atom is -0.396 e. The summed E-state index contributed by atoms with van der Waals surface area (Å²) < 4.78 is 5.37. The molecule has 1 unspecified atom stereocenters. The highest BCUT2D eigenvalue weighted by Gasteiger charge is 2.21. The maximum atomic E-state index is 6.01. The van der Waals surface area contributed by atoms with Crippen LogP contribution in [-0.2, 0) is 4.74 Å². The molecule has 0 radical (unpaired) electrons. The Morgan fingerprint density at radius 3 is 2.88 bits per heavy atom. The molecule has 0 saturated carbocycles. The van der Waals surface area contributed by atoms with Crippen LogP contribution in [0.5, 0.6) is 0 Å². The Bertz CT molecular complexity index is 375. The second-order valence-electron chi connectivity index (χ2n) is 4.77. The number of pyridine rings is 1. The minimum atomic E-state index is 0.385. The van der Waals surface area contributed by atoms with E-state index in [9.17, 15) is 0 Å². The predicted molar refractivity (Wildman–Crippen MR) is 70.0 cm³/mol. The molecular weight excluding hydrogens is 214 g/mol. The first kappa shape index (κ1) is 12.2. The van der Waals surface area contributed by atoms with E-state index in [1.807, 2.05) is 13.0 Å². The summed E-state index contributed by atoms with van der Waals surface area (Å²) in [5.41, 5.74) is 7.84. The maximum Gasteiger partial charge on any atom is 0.149 e. The fourth-order valence-electron chi connectivity index (χ4n) is 2.23. The average Bonchev–Trinajstić information content (AvgIpc) is 2.36. The highest BCUT2D eigenvalue weighted by molar-refractivity contribution is 5.65.